The number of nitrogens with one attached hydrogen (secondary N) is 4. The number of hydrogen-bond acceptors (Lipinski definition) is 5. The molecular weight excluding hydrogens is 544 g/mol. The molecule has 4 amide bonds. The maximum atomic E-state index is 13.4. The summed E-state index contributed by atoms with van der Waals surface area (Å²) in [5.74, 6) is 0.0943. The van der Waals surface area contributed by atoms with Crippen LogP contribution in [-0.2, 0) is 9.59 Å². The first-order valence-electron chi connectivity index (χ1n) is 14.2. The van der Waals surface area contributed by atoms with Gasteiger partial charge in [-0.3, -0.25) is 19.2 Å². The first-order chi connectivity index (χ1) is 19.8. The van der Waals surface area contributed by atoms with Crippen molar-refractivity contribution in [1.82, 2.24) is 30.8 Å². The highest BCUT2D eigenvalue weighted by atomic mass is 35.5. The summed E-state index contributed by atoms with van der Waals surface area (Å²) in [4.78, 5) is 59.8. The van der Waals surface area contributed by atoms with Crippen molar-refractivity contribution in [2.45, 2.75) is 64.0 Å². The summed E-state index contributed by atoms with van der Waals surface area (Å²) in [6.45, 7) is 3.86. The van der Waals surface area contributed by atoms with E-state index in [0.717, 1.165) is 42.5 Å². The number of nitrogens with zero attached hydrogens (tertiary/aromatic N) is 2. The maximum Gasteiger partial charge on any atom is 0.254 e. The van der Waals surface area contributed by atoms with Gasteiger partial charge in [0.15, 0.2) is 0 Å². The lowest BCUT2D eigenvalue weighted by molar-refractivity contribution is -0.125. The predicted molar refractivity (Wildman–Crippen MR) is 156 cm³/mol. The molecular formula is C30H35ClN6O4. The number of aryl methyl sites for hydroxylation is 1. The number of rotatable bonds is 10. The number of benzene rings is 2. The average Bonchev–Trinajstić information content (AvgIpc) is 3.72. The molecule has 0 saturated carbocycles. The topological polar surface area (TPSA) is 136 Å². The number of aromatic nitrogens is 2. The smallest absolute Gasteiger partial charge is 0.254 e. The van der Waals surface area contributed by atoms with E-state index in [1.165, 1.54) is 0 Å². The van der Waals surface area contributed by atoms with Gasteiger partial charge in [0, 0.05) is 42.2 Å². The lowest BCUT2D eigenvalue weighted by Gasteiger charge is -2.19. The Morgan fingerprint density at radius 2 is 1.93 bits per heavy atom. The standard InChI is InChI=1S/C30H35ClN6O4/c1-18-16-19(7-9-21(18)30(41)37-14-4-5-15-37)28(39)36-23(27-34-22-10-8-20(31)17-25(22)35-27)6-2-3-13-32-29(40)24-11-12-26(38)33-24/h7-10,16-17,23-24H,2-6,11-15H2,1H3,(H,32,40)(H,33,38)(H,34,35)(H,36,39)/t23-,24?/m0/s1. The minimum atomic E-state index is -0.461. The largest absolute Gasteiger partial charge is 0.354 e. The highest BCUT2D eigenvalue weighted by Crippen LogP contribution is 2.24. The third-order valence-electron chi connectivity index (χ3n) is 7.74. The van der Waals surface area contributed by atoms with Gasteiger partial charge in [-0.2, -0.15) is 0 Å². The van der Waals surface area contributed by atoms with Crippen molar-refractivity contribution in [3.05, 3.63) is 63.9 Å². The first-order valence-corrected chi connectivity index (χ1v) is 14.6. The summed E-state index contributed by atoms with van der Waals surface area (Å²) >= 11 is 6.16. The van der Waals surface area contributed by atoms with Crippen LogP contribution < -0.4 is 16.0 Å². The second kappa shape index (κ2) is 12.7. The van der Waals surface area contributed by atoms with Gasteiger partial charge in [0.05, 0.1) is 17.1 Å². The van der Waals surface area contributed by atoms with E-state index in [4.69, 9.17) is 16.6 Å². The number of likely N-dealkylation sites (tertiary alicyclic amines) is 1. The molecule has 0 aliphatic carbocycles. The molecule has 4 N–H and O–H groups in total. The van der Waals surface area contributed by atoms with E-state index in [9.17, 15) is 19.2 Å². The number of halogens is 1. The number of H-pyrrole nitrogens is 1. The van der Waals surface area contributed by atoms with E-state index >= 15 is 0 Å². The molecule has 0 bridgehead atoms. The van der Waals surface area contributed by atoms with Crippen LogP contribution in [0.15, 0.2) is 36.4 Å². The van der Waals surface area contributed by atoms with Crippen molar-refractivity contribution < 1.29 is 19.2 Å². The predicted octanol–water partition coefficient (Wildman–Crippen LogP) is 3.80. The Labute approximate surface area is 243 Å². The van der Waals surface area contributed by atoms with Crippen LogP contribution in [0, 0.1) is 6.92 Å². The van der Waals surface area contributed by atoms with E-state index in [1.54, 1.807) is 30.3 Å². The second-order valence-corrected chi connectivity index (χ2v) is 11.2. The average molecular weight is 579 g/mol. The van der Waals surface area contributed by atoms with Gasteiger partial charge in [-0.05, 0) is 87.4 Å². The van der Waals surface area contributed by atoms with Gasteiger partial charge >= 0.3 is 0 Å². The van der Waals surface area contributed by atoms with E-state index in [1.807, 2.05) is 17.9 Å². The number of hydrogen-bond donors (Lipinski definition) is 4. The van der Waals surface area contributed by atoms with Crippen molar-refractivity contribution in [1.29, 1.82) is 0 Å². The van der Waals surface area contributed by atoms with Crippen LogP contribution in [0.2, 0.25) is 5.02 Å². The normalized spacial score (nSPS) is 17.5. The number of unbranched alkanes of at least 4 members (excludes halogenated alkanes) is 1. The fourth-order valence-corrected chi connectivity index (χ4v) is 5.61. The maximum absolute atomic E-state index is 13.4. The van der Waals surface area contributed by atoms with Crippen LogP contribution in [-0.4, -0.2) is 64.2 Å². The quantitative estimate of drug-likeness (QED) is 0.271. The molecule has 3 heterocycles. The van der Waals surface area contributed by atoms with Crippen molar-refractivity contribution in [3.63, 3.8) is 0 Å². The Morgan fingerprint density at radius 1 is 1.12 bits per heavy atom. The summed E-state index contributed by atoms with van der Waals surface area (Å²) < 4.78 is 0. The zero-order chi connectivity index (χ0) is 28.9. The van der Waals surface area contributed by atoms with Crippen molar-refractivity contribution in [3.8, 4) is 0 Å². The Kier molecular flexibility index (Phi) is 8.87. The minimum absolute atomic E-state index is 0.00757. The van der Waals surface area contributed by atoms with Crippen LogP contribution in [0.25, 0.3) is 11.0 Å². The van der Waals surface area contributed by atoms with Crippen LogP contribution in [0.3, 0.4) is 0 Å². The SMILES string of the molecule is Cc1cc(C(=O)N[C@@H](CCCCNC(=O)C2CCC(=O)N2)c2nc3ccc(Cl)cc3[nH]2)ccc1C(=O)N1CCCC1. The summed E-state index contributed by atoms with van der Waals surface area (Å²) in [6, 6.07) is 9.70. The number of amides is 4. The molecule has 2 aliphatic heterocycles. The highest BCUT2D eigenvalue weighted by molar-refractivity contribution is 6.31. The number of imidazole rings is 1. The number of carbonyl (C=O) groups excluding carboxylic acids is 4. The number of fused-ring (bicyclic) bond motifs is 1. The molecule has 2 aromatic carbocycles. The molecule has 11 heteroatoms. The first kappa shape index (κ1) is 28.6. The van der Waals surface area contributed by atoms with Gasteiger partial charge in [0.1, 0.15) is 11.9 Å². The van der Waals surface area contributed by atoms with Crippen LogP contribution in [0.5, 0.6) is 0 Å². The van der Waals surface area contributed by atoms with Crippen molar-refractivity contribution in [2.24, 2.45) is 0 Å². The fraction of sp³-hybridized carbons (Fsp3) is 0.433. The third-order valence-corrected chi connectivity index (χ3v) is 7.98. The molecule has 0 spiro atoms. The Morgan fingerprint density at radius 3 is 2.66 bits per heavy atom. The molecule has 0 radical (unpaired) electrons. The monoisotopic (exact) mass is 578 g/mol. The van der Waals surface area contributed by atoms with Gasteiger partial charge < -0.3 is 25.8 Å². The lowest BCUT2D eigenvalue weighted by Crippen LogP contribution is -2.41. The molecule has 2 saturated heterocycles. The van der Waals surface area contributed by atoms with Gasteiger partial charge in [-0.25, -0.2) is 4.98 Å². The molecule has 1 aromatic heterocycles. The Balaban J connectivity index is 1.24. The van der Waals surface area contributed by atoms with Gasteiger partial charge in [0.25, 0.3) is 11.8 Å². The second-order valence-electron chi connectivity index (χ2n) is 10.8. The van der Waals surface area contributed by atoms with Crippen LogP contribution in [0.1, 0.15) is 83.1 Å². The molecule has 41 heavy (non-hydrogen) atoms. The molecule has 2 aliphatic rings. The summed E-state index contributed by atoms with van der Waals surface area (Å²) in [6.07, 6.45) is 4.91. The fourth-order valence-electron chi connectivity index (χ4n) is 5.44. The Hall–Kier alpha value is -3.92. The van der Waals surface area contributed by atoms with E-state index in [2.05, 4.69) is 20.9 Å². The molecule has 5 rings (SSSR count). The minimum Gasteiger partial charge on any atom is -0.354 e. The summed E-state index contributed by atoms with van der Waals surface area (Å²) in [7, 11) is 0. The highest BCUT2D eigenvalue weighted by Gasteiger charge is 2.27. The van der Waals surface area contributed by atoms with E-state index < -0.39 is 12.1 Å². The molecule has 216 valence electrons. The zero-order valence-electron chi connectivity index (χ0n) is 23.1. The lowest BCUT2D eigenvalue weighted by atomic mass is 10.0. The molecule has 1 unspecified atom stereocenters. The third kappa shape index (κ3) is 6.87. The van der Waals surface area contributed by atoms with Crippen LogP contribution >= 0.6 is 11.6 Å². The van der Waals surface area contributed by atoms with Crippen LogP contribution in [0.4, 0.5) is 0 Å². The summed E-state index contributed by atoms with van der Waals surface area (Å²) in [5.41, 5.74) is 3.37. The molecule has 3 aromatic rings. The zero-order valence-corrected chi connectivity index (χ0v) is 23.9. The van der Waals surface area contributed by atoms with Gasteiger partial charge in [0.2, 0.25) is 11.8 Å². The molecule has 2 fully saturated rings. The van der Waals surface area contributed by atoms with Crippen molar-refractivity contribution in [2.75, 3.05) is 19.6 Å². The molecule has 2 atom stereocenters. The molecule has 10 nitrogen and oxygen atoms in total. The van der Waals surface area contributed by atoms with Gasteiger partial charge in [-0.1, -0.05) is 11.6 Å². The van der Waals surface area contributed by atoms with E-state index in [-0.39, 0.29) is 23.6 Å². The van der Waals surface area contributed by atoms with E-state index in [0.29, 0.717) is 60.6 Å². The Bertz CT molecular complexity index is 1460. The number of carbonyl (C=O) groups is 4. The number of aromatic amines is 1. The summed E-state index contributed by atoms with van der Waals surface area (Å²) in [5, 5.41) is 9.25. The van der Waals surface area contributed by atoms with Gasteiger partial charge in [-0.15, -0.1) is 0 Å². The van der Waals surface area contributed by atoms with Crippen molar-refractivity contribution >= 4 is 46.3 Å².